The van der Waals surface area contributed by atoms with Crippen LogP contribution in [0.2, 0.25) is 0 Å². The average Bonchev–Trinajstić information content (AvgIpc) is 1.87. The molecule has 0 aliphatic heterocycles. The van der Waals surface area contributed by atoms with Gasteiger partial charge in [-0.25, -0.2) is 0 Å². The molecule has 0 unspecified atom stereocenters. The van der Waals surface area contributed by atoms with Crippen LogP contribution in [0.4, 0.5) is 0 Å². The summed E-state index contributed by atoms with van der Waals surface area (Å²) >= 11 is 0. The minimum atomic E-state index is -0.0449. The summed E-state index contributed by atoms with van der Waals surface area (Å²) in [6, 6.07) is 0. The quantitative estimate of drug-likeness (QED) is 0.461. The predicted octanol–water partition coefficient (Wildman–Crippen LogP) is 0.897. The number of carbonyl (C=O) groups is 1. The lowest BCUT2D eigenvalue weighted by molar-refractivity contribution is -0.120. The number of ether oxygens (including phenoxy) is 1. The summed E-state index contributed by atoms with van der Waals surface area (Å²) in [5, 5.41) is 2.54. The molecule has 3 heteroatoms. The number of rotatable bonds is 5. The molecule has 0 spiro atoms. The second-order valence-corrected chi connectivity index (χ2v) is 2.14. The van der Waals surface area contributed by atoms with Crippen molar-refractivity contribution in [3.8, 4) is 0 Å². The van der Waals surface area contributed by atoms with Gasteiger partial charge in [0, 0.05) is 13.5 Å². The average molecular weight is 145 g/mol. The molecule has 0 radical (unpaired) electrons. The first-order valence-corrected chi connectivity index (χ1v) is 3.59. The van der Waals surface area contributed by atoms with E-state index in [0.717, 1.165) is 19.4 Å². The lowest BCUT2D eigenvalue weighted by Gasteiger charge is -2.02. The van der Waals surface area contributed by atoms with Crippen molar-refractivity contribution in [2.45, 2.75) is 26.7 Å². The van der Waals surface area contributed by atoms with Gasteiger partial charge in [-0.15, -0.1) is 0 Å². The third kappa shape index (κ3) is 7.43. The van der Waals surface area contributed by atoms with Crippen LogP contribution in [0.1, 0.15) is 26.7 Å². The molecule has 0 aliphatic carbocycles. The molecule has 0 saturated heterocycles. The number of nitrogens with one attached hydrogen (secondary N) is 1. The van der Waals surface area contributed by atoms with E-state index in [1.54, 1.807) is 0 Å². The van der Waals surface area contributed by atoms with Crippen molar-refractivity contribution in [2.24, 2.45) is 0 Å². The summed E-state index contributed by atoms with van der Waals surface area (Å²) in [5.74, 6) is -0.0449. The van der Waals surface area contributed by atoms with E-state index in [-0.39, 0.29) is 5.91 Å². The van der Waals surface area contributed by atoms with Crippen molar-refractivity contribution in [3.63, 3.8) is 0 Å². The van der Waals surface area contributed by atoms with Crippen molar-refractivity contribution in [1.82, 2.24) is 5.32 Å². The van der Waals surface area contributed by atoms with Crippen LogP contribution < -0.4 is 5.32 Å². The summed E-state index contributed by atoms with van der Waals surface area (Å²) < 4.78 is 5.05. The van der Waals surface area contributed by atoms with Gasteiger partial charge in [-0.3, -0.25) is 4.79 Å². The monoisotopic (exact) mass is 145 g/mol. The Kier molecular flexibility index (Phi) is 6.18. The van der Waals surface area contributed by atoms with E-state index in [1.165, 1.54) is 6.92 Å². The SMILES string of the molecule is CCCCOCNC(C)=O. The fourth-order valence-corrected chi connectivity index (χ4v) is 0.471. The van der Waals surface area contributed by atoms with Gasteiger partial charge in [-0.1, -0.05) is 13.3 Å². The fraction of sp³-hybridized carbons (Fsp3) is 0.857. The zero-order chi connectivity index (χ0) is 7.82. The molecule has 60 valence electrons. The maximum Gasteiger partial charge on any atom is 0.218 e. The molecule has 0 aromatic heterocycles. The Morgan fingerprint density at radius 3 is 2.80 bits per heavy atom. The van der Waals surface area contributed by atoms with Gasteiger partial charge in [-0.2, -0.15) is 0 Å². The summed E-state index contributed by atoms with van der Waals surface area (Å²) in [5.41, 5.74) is 0. The van der Waals surface area contributed by atoms with E-state index in [0.29, 0.717) is 6.73 Å². The first-order chi connectivity index (χ1) is 4.77. The molecular formula is C7H15NO2. The summed E-state index contributed by atoms with van der Waals surface area (Å²) in [7, 11) is 0. The second-order valence-electron chi connectivity index (χ2n) is 2.14. The topological polar surface area (TPSA) is 38.3 Å². The molecule has 0 atom stereocenters. The lowest BCUT2D eigenvalue weighted by Crippen LogP contribution is -2.23. The third-order valence-corrected chi connectivity index (χ3v) is 1.07. The first-order valence-electron chi connectivity index (χ1n) is 3.59. The smallest absolute Gasteiger partial charge is 0.218 e. The molecular weight excluding hydrogens is 130 g/mol. The second kappa shape index (κ2) is 6.55. The molecule has 1 N–H and O–H groups in total. The van der Waals surface area contributed by atoms with E-state index in [1.807, 2.05) is 0 Å². The summed E-state index contributed by atoms with van der Waals surface area (Å²) in [6.45, 7) is 4.65. The Morgan fingerprint density at radius 2 is 2.30 bits per heavy atom. The van der Waals surface area contributed by atoms with Crippen LogP contribution in [-0.2, 0) is 9.53 Å². The van der Waals surface area contributed by atoms with Crippen LogP contribution in [0.25, 0.3) is 0 Å². The Morgan fingerprint density at radius 1 is 1.60 bits per heavy atom. The Bertz CT molecular complexity index is 93.6. The number of hydrogen-bond donors (Lipinski definition) is 1. The van der Waals surface area contributed by atoms with Crippen LogP contribution in [-0.4, -0.2) is 19.2 Å². The first kappa shape index (κ1) is 9.43. The zero-order valence-electron chi connectivity index (χ0n) is 6.64. The van der Waals surface area contributed by atoms with Crippen molar-refractivity contribution < 1.29 is 9.53 Å². The fourth-order valence-electron chi connectivity index (χ4n) is 0.471. The van der Waals surface area contributed by atoms with Crippen LogP contribution in [0.5, 0.6) is 0 Å². The number of amides is 1. The van der Waals surface area contributed by atoms with Gasteiger partial charge in [-0.05, 0) is 6.42 Å². The van der Waals surface area contributed by atoms with E-state index in [9.17, 15) is 4.79 Å². The van der Waals surface area contributed by atoms with Gasteiger partial charge in [0.15, 0.2) is 0 Å². The largest absolute Gasteiger partial charge is 0.361 e. The molecule has 0 fully saturated rings. The third-order valence-electron chi connectivity index (χ3n) is 1.07. The van der Waals surface area contributed by atoms with Crippen LogP contribution >= 0.6 is 0 Å². The highest BCUT2D eigenvalue weighted by molar-refractivity contribution is 5.72. The van der Waals surface area contributed by atoms with Gasteiger partial charge in [0.1, 0.15) is 6.73 Å². The van der Waals surface area contributed by atoms with E-state index in [4.69, 9.17) is 4.74 Å². The number of hydrogen-bond acceptors (Lipinski definition) is 2. The van der Waals surface area contributed by atoms with Gasteiger partial charge in [0.05, 0.1) is 0 Å². The summed E-state index contributed by atoms with van der Waals surface area (Å²) in [4.78, 5) is 10.3. The zero-order valence-corrected chi connectivity index (χ0v) is 6.64. The Labute approximate surface area is 61.8 Å². The maximum absolute atomic E-state index is 10.3. The maximum atomic E-state index is 10.3. The van der Waals surface area contributed by atoms with Crippen molar-refractivity contribution >= 4 is 5.91 Å². The molecule has 0 saturated carbocycles. The molecule has 0 rings (SSSR count). The van der Waals surface area contributed by atoms with Gasteiger partial charge in [0.2, 0.25) is 5.91 Å². The van der Waals surface area contributed by atoms with Gasteiger partial charge < -0.3 is 10.1 Å². The molecule has 0 bridgehead atoms. The standard InChI is InChI=1S/C7H15NO2/c1-3-4-5-10-6-8-7(2)9/h3-6H2,1-2H3,(H,8,9). The summed E-state index contributed by atoms with van der Waals surface area (Å²) in [6.07, 6.45) is 2.18. The minimum Gasteiger partial charge on any atom is -0.361 e. The van der Waals surface area contributed by atoms with E-state index < -0.39 is 0 Å². The predicted molar refractivity (Wildman–Crippen MR) is 39.5 cm³/mol. The molecule has 0 heterocycles. The van der Waals surface area contributed by atoms with Gasteiger partial charge in [0.25, 0.3) is 0 Å². The van der Waals surface area contributed by atoms with Gasteiger partial charge >= 0.3 is 0 Å². The number of carbonyl (C=O) groups excluding carboxylic acids is 1. The molecule has 3 nitrogen and oxygen atoms in total. The molecule has 0 aliphatic rings. The number of unbranched alkanes of at least 4 members (excludes halogenated alkanes) is 1. The highest BCUT2D eigenvalue weighted by atomic mass is 16.5. The Hall–Kier alpha value is -0.570. The minimum absolute atomic E-state index is 0.0449. The van der Waals surface area contributed by atoms with Crippen LogP contribution in [0, 0.1) is 0 Å². The Balaban J connectivity index is 2.84. The molecule has 0 aromatic rings. The normalized spacial score (nSPS) is 9.40. The molecule has 1 amide bonds. The highest BCUT2D eigenvalue weighted by Gasteiger charge is 1.88. The van der Waals surface area contributed by atoms with E-state index >= 15 is 0 Å². The van der Waals surface area contributed by atoms with Crippen LogP contribution in [0.3, 0.4) is 0 Å². The van der Waals surface area contributed by atoms with Crippen molar-refractivity contribution in [3.05, 3.63) is 0 Å². The molecule has 10 heavy (non-hydrogen) atoms. The lowest BCUT2D eigenvalue weighted by atomic mass is 10.4. The van der Waals surface area contributed by atoms with Crippen molar-refractivity contribution in [1.29, 1.82) is 0 Å². The molecule has 0 aromatic carbocycles. The van der Waals surface area contributed by atoms with Crippen LogP contribution in [0.15, 0.2) is 0 Å². The van der Waals surface area contributed by atoms with E-state index in [2.05, 4.69) is 12.2 Å². The van der Waals surface area contributed by atoms with Crippen molar-refractivity contribution in [2.75, 3.05) is 13.3 Å². The highest BCUT2D eigenvalue weighted by Crippen LogP contribution is 1.85.